The summed E-state index contributed by atoms with van der Waals surface area (Å²) < 4.78 is 0. The van der Waals surface area contributed by atoms with Crippen molar-refractivity contribution in [2.45, 2.75) is 20.3 Å². The summed E-state index contributed by atoms with van der Waals surface area (Å²) in [6, 6.07) is 9.21. The fourth-order valence-corrected chi connectivity index (χ4v) is 1.48. The molecule has 0 heterocycles. The van der Waals surface area contributed by atoms with Crippen molar-refractivity contribution in [2.75, 3.05) is 0 Å². The highest BCUT2D eigenvalue weighted by atomic mass is 16.1. The molecule has 0 radical (unpaired) electrons. The number of benzene rings is 1. The molecule has 0 N–H and O–H groups in total. The molecule has 17 heavy (non-hydrogen) atoms. The molecule has 0 aliphatic carbocycles. The third-order valence-electron chi connectivity index (χ3n) is 2.61. The predicted molar refractivity (Wildman–Crippen MR) is 73.1 cm³/mol. The molecule has 1 rings (SSSR count). The molecule has 0 fully saturated rings. The summed E-state index contributed by atoms with van der Waals surface area (Å²) in [7, 11) is 0. The van der Waals surface area contributed by atoms with Gasteiger partial charge in [-0.2, -0.15) is 0 Å². The maximum absolute atomic E-state index is 12.0. The molecular formula is C16H18O. The quantitative estimate of drug-likeness (QED) is 0.414. The lowest BCUT2D eigenvalue weighted by Gasteiger charge is -2.00. The third-order valence-corrected chi connectivity index (χ3v) is 2.61. The molecule has 0 atom stereocenters. The maximum atomic E-state index is 12.0. The van der Waals surface area contributed by atoms with Crippen molar-refractivity contribution in [2.24, 2.45) is 0 Å². The van der Waals surface area contributed by atoms with Crippen molar-refractivity contribution >= 4 is 5.78 Å². The molecule has 0 unspecified atom stereocenters. The minimum atomic E-state index is -0.0200. The van der Waals surface area contributed by atoms with E-state index in [2.05, 4.69) is 13.5 Å². The van der Waals surface area contributed by atoms with Gasteiger partial charge in [0.25, 0.3) is 0 Å². The fourth-order valence-electron chi connectivity index (χ4n) is 1.48. The van der Waals surface area contributed by atoms with Gasteiger partial charge in [0.2, 0.25) is 0 Å². The summed E-state index contributed by atoms with van der Waals surface area (Å²) >= 11 is 0. The molecule has 1 aromatic carbocycles. The highest BCUT2D eigenvalue weighted by Crippen LogP contribution is 2.10. The van der Waals surface area contributed by atoms with Crippen molar-refractivity contribution in [3.05, 3.63) is 71.8 Å². The molecule has 1 aromatic rings. The number of carbonyl (C=O) groups is 1. The van der Waals surface area contributed by atoms with Gasteiger partial charge in [-0.25, -0.2) is 0 Å². The topological polar surface area (TPSA) is 17.1 Å². The lowest BCUT2D eigenvalue weighted by Crippen LogP contribution is -1.99. The summed E-state index contributed by atoms with van der Waals surface area (Å²) in [5.41, 5.74) is 2.40. The van der Waals surface area contributed by atoms with Crippen LogP contribution >= 0.6 is 0 Å². The standard InChI is InChI=1S/C16H18O/c1-4-14(5-2)12-11-13(3)16(17)15-9-7-6-8-10-15/h4,6-12H,3,5H2,1-2H3. The number of ketones is 1. The summed E-state index contributed by atoms with van der Waals surface area (Å²) in [6.45, 7) is 7.88. The Morgan fingerprint density at radius 1 is 1.24 bits per heavy atom. The highest BCUT2D eigenvalue weighted by Gasteiger charge is 2.06. The molecule has 0 amide bonds. The van der Waals surface area contributed by atoms with Gasteiger partial charge in [0.05, 0.1) is 0 Å². The number of rotatable bonds is 5. The molecule has 0 aliphatic rings. The van der Waals surface area contributed by atoms with Crippen LogP contribution in [0.25, 0.3) is 0 Å². The molecule has 1 nitrogen and oxygen atoms in total. The van der Waals surface area contributed by atoms with Gasteiger partial charge in [0, 0.05) is 11.1 Å². The lowest BCUT2D eigenvalue weighted by molar-refractivity contribution is 0.103. The fraction of sp³-hybridized carbons (Fsp3) is 0.188. The van der Waals surface area contributed by atoms with Crippen LogP contribution in [0.5, 0.6) is 0 Å². The van der Waals surface area contributed by atoms with E-state index in [9.17, 15) is 4.79 Å². The first-order valence-corrected chi connectivity index (χ1v) is 5.81. The molecule has 0 saturated carbocycles. The molecule has 88 valence electrons. The zero-order chi connectivity index (χ0) is 12.7. The first-order chi connectivity index (χ1) is 8.19. The van der Waals surface area contributed by atoms with Crippen LogP contribution in [0.3, 0.4) is 0 Å². The van der Waals surface area contributed by atoms with Crippen LogP contribution in [0.15, 0.2) is 66.3 Å². The van der Waals surface area contributed by atoms with Crippen LogP contribution in [0.1, 0.15) is 30.6 Å². The summed E-state index contributed by atoms with van der Waals surface area (Å²) in [5.74, 6) is -0.0200. The van der Waals surface area contributed by atoms with Gasteiger partial charge in [-0.15, -0.1) is 0 Å². The monoisotopic (exact) mass is 226 g/mol. The van der Waals surface area contributed by atoms with Gasteiger partial charge < -0.3 is 0 Å². The van der Waals surface area contributed by atoms with Crippen molar-refractivity contribution < 1.29 is 4.79 Å². The normalized spacial score (nSPS) is 11.8. The van der Waals surface area contributed by atoms with Crippen LogP contribution < -0.4 is 0 Å². The van der Waals surface area contributed by atoms with Crippen molar-refractivity contribution in [3.63, 3.8) is 0 Å². The second-order valence-electron chi connectivity index (χ2n) is 3.77. The summed E-state index contributed by atoms with van der Waals surface area (Å²) in [5, 5.41) is 0. The highest BCUT2D eigenvalue weighted by molar-refractivity contribution is 6.10. The number of carbonyl (C=O) groups excluding carboxylic acids is 1. The SMILES string of the molecule is C=C(C=CC(=CC)CC)C(=O)c1ccccc1. The van der Waals surface area contributed by atoms with Crippen LogP contribution in [-0.2, 0) is 0 Å². The van der Waals surface area contributed by atoms with Crippen molar-refractivity contribution in [1.29, 1.82) is 0 Å². The van der Waals surface area contributed by atoms with Crippen molar-refractivity contribution in [1.82, 2.24) is 0 Å². The second-order valence-corrected chi connectivity index (χ2v) is 3.77. The van der Waals surface area contributed by atoms with E-state index >= 15 is 0 Å². The van der Waals surface area contributed by atoms with Crippen LogP contribution in [0.2, 0.25) is 0 Å². The summed E-state index contributed by atoms with van der Waals surface area (Å²) in [6.07, 6.45) is 6.73. The number of Topliss-reactive ketones (excluding diaryl/α,β-unsaturated/α-hetero) is 1. The van der Waals surface area contributed by atoms with Gasteiger partial charge in [-0.05, 0) is 13.3 Å². The van der Waals surface area contributed by atoms with E-state index in [1.165, 1.54) is 5.57 Å². The van der Waals surface area contributed by atoms with Crippen LogP contribution in [0, 0.1) is 0 Å². The molecule has 1 heteroatoms. The van der Waals surface area contributed by atoms with Gasteiger partial charge in [-0.1, -0.05) is 67.6 Å². The van der Waals surface area contributed by atoms with E-state index in [1.807, 2.05) is 37.3 Å². The number of allylic oxidation sites excluding steroid dienone is 5. The van der Waals surface area contributed by atoms with E-state index in [0.29, 0.717) is 11.1 Å². The Morgan fingerprint density at radius 2 is 1.88 bits per heavy atom. The molecule has 0 aromatic heterocycles. The smallest absolute Gasteiger partial charge is 0.192 e. The van der Waals surface area contributed by atoms with Gasteiger partial charge in [-0.3, -0.25) is 4.79 Å². The second kappa shape index (κ2) is 6.64. The average Bonchev–Trinajstić information content (AvgIpc) is 2.39. The van der Waals surface area contributed by atoms with E-state index in [-0.39, 0.29) is 5.78 Å². The first kappa shape index (κ1) is 13.2. The Morgan fingerprint density at radius 3 is 2.41 bits per heavy atom. The zero-order valence-electron chi connectivity index (χ0n) is 10.4. The maximum Gasteiger partial charge on any atom is 0.192 e. The van der Waals surface area contributed by atoms with E-state index in [1.54, 1.807) is 18.2 Å². The minimum Gasteiger partial charge on any atom is -0.289 e. The van der Waals surface area contributed by atoms with E-state index < -0.39 is 0 Å². The lowest BCUT2D eigenvalue weighted by atomic mass is 10.0. The Labute approximate surface area is 103 Å². The van der Waals surface area contributed by atoms with Gasteiger partial charge in [0.1, 0.15) is 0 Å². The van der Waals surface area contributed by atoms with Crippen LogP contribution in [-0.4, -0.2) is 5.78 Å². The molecule has 0 saturated heterocycles. The molecular weight excluding hydrogens is 208 g/mol. The van der Waals surface area contributed by atoms with Gasteiger partial charge >= 0.3 is 0 Å². The average molecular weight is 226 g/mol. The molecule has 0 bridgehead atoms. The number of hydrogen-bond donors (Lipinski definition) is 0. The molecule has 0 aliphatic heterocycles. The van der Waals surface area contributed by atoms with Gasteiger partial charge in [0.15, 0.2) is 5.78 Å². The molecule has 0 spiro atoms. The predicted octanol–water partition coefficient (Wildman–Crippen LogP) is 4.34. The van der Waals surface area contributed by atoms with E-state index in [0.717, 1.165) is 6.42 Å². The Bertz CT molecular complexity index is 450. The van der Waals surface area contributed by atoms with Crippen LogP contribution in [0.4, 0.5) is 0 Å². The summed E-state index contributed by atoms with van der Waals surface area (Å²) in [4.78, 5) is 12.0. The third kappa shape index (κ3) is 3.87. The van der Waals surface area contributed by atoms with E-state index in [4.69, 9.17) is 0 Å². The minimum absolute atomic E-state index is 0.0200. The largest absolute Gasteiger partial charge is 0.289 e. The zero-order valence-corrected chi connectivity index (χ0v) is 10.4. The Balaban J connectivity index is 2.76. The number of hydrogen-bond acceptors (Lipinski definition) is 1. The first-order valence-electron chi connectivity index (χ1n) is 5.81. The Kier molecular flexibility index (Phi) is 5.15. The Hall–Kier alpha value is -1.89. The van der Waals surface area contributed by atoms with Crippen molar-refractivity contribution in [3.8, 4) is 0 Å².